The first-order valence-electron chi connectivity index (χ1n) is 8.48. The minimum Gasteiger partial charge on any atom is -0.361 e. The summed E-state index contributed by atoms with van der Waals surface area (Å²) in [7, 11) is 1.79. The van der Waals surface area contributed by atoms with Crippen LogP contribution < -0.4 is 0 Å². The molecule has 0 bridgehead atoms. The number of hydrogen-bond acceptors (Lipinski definition) is 4. The van der Waals surface area contributed by atoms with E-state index in [1.807, 2.05) is 13.8 Å². The number of carbonyl (C=O) groups excluding carboxylic acids is 2. The molecule has 0 aromatic carbocycles. The van der Waals surface area contributed by atoms with Gasteiger partial charge in [0, 0.05) is 38.0 Å². The van der Waals surface area contributed by atoms with Crippen LogP contribution in [0.1, 0.15) is 50.1 Å². The molecule has 1 aliphatic heterocycles. The van der Waals surface area contributed by atoms with Gasteiger partial charge in [0.15, 0.2) is 0 Å². The third-order valence-electron chi connectivity index (χ3n) is 4.93. The molecular formula is C17H25N3O3. The number of carbonyl (C=O) groups is 2. The summed E-state index contributed by atoms with van der Waals surface area (Å²) in [6.45, 7) is 4.95. The maximum atomic E-state index is 12.6. The van der Waals surface area contributed by atoms with E-state index >= 15 is 0 Å². The highest BCUT2D eigenvalue weighted by atomic mass is 16.5. The molecule has 0 spiro atoms. The van der Waals surface area contributed by atoms with E-state index in [0.717, 1.165) is 37.1 Å². The van der Waals surface area contributed by atoms with Crippen molar-refractivity contribution in [3.05, 3.63) is 17.0 Å². The molecule has 6 heteroatoms. The maximum Gasteiger partial charge on any atom is 0.228 e. The van der Waals surface area contributed by atoms with Gasteiger partial charge in [-0.1, -0.05) is 5.16 Å². The lowest BCUT2D eigenvalue weighted by Crippen LogP contribution is -2.36. The van der Waals surface area contributed by atoms with Gasteiger partial charge in [-0.2, -0.15) is 0 Å². The molecule has 0 radical (unpaired) electrons. The van der Waals surface area contributed by atoms with Crippen molar-refractivity contribution in [3.8, 4) is 0 Å². The number of aryl methyl sites for hydroxylation is 1. The minimum absolute atomic E-state index is 0.0223. The highest BCUT2D eigenvalue weighted by molar-refractivity contribution is 5.89. The Balaban J connectivity index is 1.64. The van der Waals surface area contributed by atoms with Crippen molar-refractivity contribution >= 4 is 11.8 Å². The number of amides is 2. The fourth-order valence-corrected chi connectivity index (χ4v) is 3.58. The molecule has 1 aromatic rings. The SMILES string of the molecule is CC(C)N1CC(C(=O)N(C)Cc2noc3c2CCCC3)CC1=O. The van der Waals surface area contributed by atoms with Crippen molar-refractivity contribution in [2.45, 2.75) is 58.5 Å². The lowest BCUT2D eigenvalue weighted by molar-refractivity contribution is -0.135. The molecule has 1 unspecified atom stereocenters. The minimum atomic E-state index is -0.238. The fraction of sp³-hybridized carbons (Fsp3) is 0.706. The maximum absolute atomic E-state index is 12.6. The number of nitrogens with zero attached hydrogens (tertiary/aromatic N) is 3. The van der Waals surface area contributed by atoms with Crippen molar-refractivity contribution in [2.75, 3.05) is 13.6 Å². The summed E-state index contributed by atoms with van der Waals surface area (Å²) in [6.07, 6.45) is 4.54. The van der Waals surface area contributed by atoms with Gasteiger partial charge >= 0.3 is 0 Å². The monoisotopic (exact) mass is 319 g/mol. The molecule has 1 fully saturated rings. The third kappa shape index (κ3) is 3.12. The van der Waals surface area contributed by atoms with Gasteiger partial charge < -0.3 is 14.3 Å². The average Bonchev–Trinajstić information content (AvgIpc) is 3.11. The lowest BCUT2D eigenvalue weighted by Gasteiger charge is -2.23. The molecule has 126 valence electrons. The van der Waals surface area contributed by atoms with Crippen LogP contribution in [0.4, 0.5) is 0 Å². The Morgan fingerprint density at radius 3 is 2.83 bits per heavy atom. The zero-order chi connectivity index (χ0) is 16.6. The number of likely N-dealkylation sites (tertiary alicyclic amines) is 1. The normalized spacial score (nSPS) is 21.0. The Morgan fingerprint density at radius 2 is 2.13 bits per heavy atom. The summed E-state index contributed by atoms with van der Waals surface area (Å²) < 4.78 is 5.41. The van der Waals surface area contributed by atoms with E-state index in [-0.39, 0.29) is 23.8 Å². The van der Waals surface area contributed by atoms with E-state index in [1.54, 1.807) is 16.8 Å². The van der Waals surface area contributed by atoms with E-state index < -0.39 is 0 Å². The molecule has 6 nitrogen and oxygen atoms in total. The summed E-state index contributed by atoms with van der Waals surface area (Å²) in [4.78, 5) is 28.1. The Labute approximate surface area is 136 Å². The van der Waals surface area contributed by atoms with E-state index in [1.165, 1.54) is 5.56 Å². The van der Waals surface area contributed by atoms with E-state index in [0.29, 0.717) is 19.5 Å². The number of aromatic nitrogens is 1. The van der Waals surface area contributed by atoms with Crippen LogP contribution in [-0.4, -0.2) is 46.4 Å². The molecular weight excluding hydrogens is 294 g/mol. The summed E-state index contributed by atoms with van der Waals surface area (Å²) >= 11 is 0. The summed E-state index contributed by atoms with van der Waals surface area (Å²) in [5.74, 6) is 0.839. The second kappa shape index (κ2) is 6.34. The highest BCUT2D eigenvalue weighted by Gasteiger charge is 2.37. The number of rotatable bonds is 4. The van der Waals surface area contributed by atoms with Crippen molar-refractivity contribution < 1.29 is 14.1 Å². The molecule has 1 aromatic heterocycles. The van der Waals surface area contributed by atoms with Crippen molar-refractivity contribution in [1.29, 1.82) is 0 Å². The van der Waals surface area contributed by atoms with Gasteiger partial charge in [0.1, 0.15) is 11.5 Å². The van der Waals surface area contributed by atoms with Gasteiger partial charge in [-0.15, -0.1) is 0 Å². The van der Waals surface area contributed by atoms with Crippen LogP contribution in [0.5, 0.6) is 0 Å². The molecule has 1 atom stereocenters. The molecule has 1 aliphatic carbocycles. The molecule has 2 heterocycles. The first-order valence-corrected chi connectivity index (χ1v) is 8.48. The van der Waals surface area contributed by atoms with Gasteiger partial charge in [-0.25, -0.2) is 0 Å². The second-order valence-electron chi connectivity index (χ2n) is 6.97. The topological polar surface area (TPSA) is 66.7 Å². The third-order valence-corrected chi connectivity index (χ3v) is 4.93. The zero-order valence-corrected chi connectivity index (χ0v) is 14.2. The molecule has 0 saturated carbocycles. The molecule has 1 saturated heterocycles. The largest absolute Gasteiger partial charge is 0.361 e. The van der Waals surface area contributed by atoms with Gasteiger partial charge in [0.2, 0.25) is 11.8 Å². The smallest absolute Gasteiger partial charge is 0.228 e. The van der Waals surface area contributed by atoms with E-state index in [4.69, 9.17) is 4.52 Å². The van der Waals surface area contributed by atoms with Gasteiger partial charge in [0.25, 0.3) is 0 Å². The lowest BCUT2D eigenvalue weighted by atomic mass is 9.96. The predicted octanol–water partition coefficient (Wildman–Crippen LogP) is 1.77. The standard InChI is InChI=1S/C17H25N3O3/c1-11(2)20-9-12(8-16(20)21)17(22)19(3)10-14-13-6-4-5-7-15(13)23-18-14/h11-12H,4-10H2,1-3H3. The molecule has 0 N–H and O–H groups in total. The van der Waals surface area contributed by atoms with E-state index in [2.05, 4.69) is 5.16 Å². The quantitative estimate of drug-likeness (QED) is 0.848. The van der Waals surface area contributed by atoms with Gasteiger partial charge in [-0.3, -0.25) is 9.59 Å². The molecule has 2 aliphatic rings. The second-order valence-corrected chi connectivity index (χ2v) is 6.97. The first-order chi connectivity index (χ1) is 11.0. The van der Waals surface area contributed by atoms with Crippen LogP contribution in [0.25, 0.3) is 0 Å². The van der Waals surface area contributed by atoms with Crippen molar-refractivity contribution in [2.24, 2.45) is 5.92 Å². The Hall–Kier alpha value is -1.85. The zero-order valence-electron chi connectivity index (χ0n) is 14.2. The Bertz CT molecular complexity index is 608. The van der Waals surface area contributed by atoms with Crippen LogP contribution in [-0.2, 0) is 29.0 Å². The number of hydrogen-bond donors (Lipinski definition) is 0. The van der Waals surface area contributed by atoms with Crippen LogP contribution in [0.2, 0.25) is 0 Å². The van der Waals surface area contributed by atoms with Crippen LogP contribution in [0.15, 0.2) is 4.52 Å². The Morgan fingerprint density at radius 1 is 1.39 bits per heavy atom. The van der Waals surface area contributed by atoms with Crippen molar-refractivity contribution in [1.82, 2.24) is 15.0 Å². The fourth-order valence-electron chi connectivity index (χ4n) is 3.58. The van der Waals surface area contributed by atoms with Gasteiger partial charge in [0.05, 0.1) is 12.5 Å². The molecule has 23 heavy (non-hydrogen) atoms. The summed E-state index contributed by atoms with van der Waals surface area (Å²) in [5, 5.41) is 4.16. The van der Waals surface area contributed by atoms with Gasteiger partial charge in [-0.05, 0) is 33.1 Å². The molecule has 2 amide bonds. The van der Waals surface area contributed by atoms with E-state index in [9.17, 15) is 9.59 Å². The average molecular weight is 319 g/mol. The van der Waals surface area contributed by atoms with Crippen LogP contribution in [0, 0.1) is 5.92 Å². The first kappa shape index (κ1) is 16.0. The Kier molecular flexibility index (Phi) is 4.41. The predicted molar refractivity (Wildman–Crippen MR) is 84.6 cm³/mol. The van der Waals surface area contributed by atoms with Crippen molar-refractivity contribution in [3.63, 3.8) is 0 Å². The summed E-state index contributed by atoms with van der Waals surface area (Å²) in [6, 6.07) is 0.146. The summed E-state index contributed by atoms with van der Waals surface area (Å²) in [5.41, 5.74) is 2.06. The highest BCUT2D eigenvalue weighted by Crippen LogP contribution is 2.26. The number of fused-ring (bicyclic) bond motifs is 1. The van der Waals surface area contributed by atoms with Crippen LogP contribution >= 0.6 is 0 Å². The van der Waals surface area contributed by atoms with Crippen LogP contribution in [0.3, 0.4) is 0 Å². The molecule has 3 rings (SSSR count).